The van der Waals surface area contributed by atoms with Gasteiger partial charge in [-0.05, 0) is 32.1 Å². The van der Waals surface area contributed by atoms with Gasteiger partial charge in [0.05, 0.1) is 0 Å². The summed E-state index contributed by atoms with van der Waals surface area (Å²) in [5.41, 5.74) is -1.20. The molecule has 0 radical (unpaired) electrons. The van der Waals surface area contributed by atoms with Gasteiger partial charge in [0.25, 0.3) is 0 Å². The van der Waals surface area contributed by atoms with Crippen molar-refractivity contribution in [2.45, 2.75) is 45.1 Å². The minimum Gasteiger partial charge on any atom is -0.480 e. The van der Waals surface area contributed by atoms with Crippen molar-refractivity contribution < 1.29 is 19.4 Å². The van der Waals surface area contributed by atoms with Gasteiger partial charge in [0.15, 0.2) is 0 Å². The van der Waals surface area contributed by atoms with Gasteiger partial charge in [-0.2, -0.15) is 0 Å². The highest BCUT2D eigenvalue weighted by Gasteiger charge is 2.33. The average molecular weight is 272 g/mol. The highest BCUT2D eigenvalue weighted by molar-refractivity contribution is 5.85. The Hall–Kier alpha value is -1.30. The monoisotopic (exact) mass is 272 g/mol. The van der Waals surface area contributed by atoms with Gasteiger partial charge in [-0.25, -0.2) is 9.59 Å². The summed E-state index contributed by atoms with van der Waals surface area (Å²) in [5.74, 6) is -0.586. The first-order valence-electron chi connectivity index (χ1n) is 6.85. The first kappa shape index (κ1) is 15.8. The van der Waals surface area contributed by atoms with Crippen molar-refractivity contribution in [3.05, 3.63) is 0 Å². The van der Waals surface area contributed by atoms with E-state index >= 15 is 0 Å². The predicted octanol–water partition coefficient (Wildman–Crippen LogP) is 1.36. The first-order valence-corrected chi connectivity index (χ1v) is 6.85. The summed E-state index contributed by atoms with van der Waals surface area (Å²) in [6.45, 7) is 5.46. The van der Waals surface area contributed by atoms with Gasteiger partial charge in [0.2, 0.25) is 0 Å². The molecule has 1 aliphatic heterocycles. The number of aliphatic carboxylic acids is 1. The number of hydrogen-bond acceptors (Lipinski definition) is 3. The van der Waals surface area contributed by atoms with E-state index in [0.717, 1.165) is 26.1 Å². The molecule has 0 aromatic rings. The lowest BCUT2D eigenvalue weighted by molar-refractivity contribution is -0.144. The minimum absolute atomic E-state index is 0.410. The van der Waals surface area contributed by atoms with Crippen molar-refractivity contribution in [3.8, 4) is 0 Å². The molecule has 1 atom stereocenters. The molecule has 2 amide bonds. The van der Waals surface area contributed by atoms with Crippen LogP contribution in [0.2, 0.25) is 0 Å². The summed E-state index contributed by atoms with van der Waals surface area (Å²) in [5, 5.41) is 14.5. The number of hydrogen-bond donors (Lipinski definition) is 3. The van der Waals surface area contributed by atoms with E-state index in [4.69, 9.17) is 4.74 Å². The van der Waals surface area contributed by atoms with Crippen LogP contribution in [0.3, 0.4) is 0 Å². The molecular formula is C13H24N2O4. The molecule has 1 aliphatic rings. The zero-order valence-electron chi connectivity index (χ0n) is 11.7. The van der Waals surface area contributed by atoms with Gasteiger partial charge in [-0.1, -0.05) is 13.3 Å². The van der Waals surface area contributed by atoms with Crippen LogP contribution in [0, 0.1) is 5.92 Å². The van der Waals surface area contributed by atoms with Gasteiger partial charge in [-0.15, -0.1) is 0 Å². The second kappa shape index (κ2) is 7.33. The van der Waals surface area contributed by atoms with E-state index in [1.54, 1.807) is 0 Å². The van der Waals surface area contributed by atoms with Crippen molar-refractivity contribution in [3.63, 3.8) is 0 Å². The molecule has 0 aromatic heterocycles. The highest BCUT2D eigenvalue weighted by atomic mass is 16.5. The standard InChI is InChI=1S/C13H24N2O4/c1-3-6-13(2,11(16)17)15-12(18)14-9-10-4-7-19-8-5-10/h10H,3-9H2,1-2H3,(H,16,17)(H2,14,15,18). The van der Waals surface area contributed by atoms with Crippen molar-refractivity contribution in [2.24, 2.45) is 5.92 Å². The molecule has 0 bridgehead atoms. The average Bonchev–Trinajstić information content (AvgIpc) is 2.37. The molecule has 1 unspecified atom stereocenters. The maximum Gasteiger partial charge on any atom is 0.329 e. The lowest BCUT2D eigenvalue weighted by Crippen LogP contribution is -2.55. The molecule has 1 rings (SSSR count). The zero-order chi connectivity index (χ0) is 14.3. The van der Waals surface area contributed by atoms with Crippen LogP contribution in [0.25, 0.3) is 0 Å². The van der Waals surface area contributed by atoms with Crippen LogP contribution in [-0.4, -0.2) is 42.4 Å². The van der Waals surface area contributed by atoms with Gasteiger partial charge < -0.3 is 20.5 Å². The van der Waals surface area contributed by atoms with Crippen LogP contribution < -0.4 is 10.6 Å². The Morgan fingerprint density at radius 1 is 1.37 bits per heavy atom. The Labute approximate surface area is 113 Å². The fourth-order valence-electron chi connectivity index (χ4n) is 2.21. The molecule has 1 saturated heterocycles. The Bertz CT molecular complexity index is 316. The van der Waals surface area contributed by atoms with E-state index in [9.17, 15) is 14.7 Å². The van der Waals surface area contributed by atoms with Crippen molar-refractivity contribution in [2.75, 3.05) is 19.8 Å². The lowest BCUT2D eigenvalue weighted by Gasteiger charge is -2.27. The Morgan fingerprint density at radius 3 is 2.53 bits per heavy atom. The van der Waals surface area contributed by atoms with E-state index < -0.39 is 17.5 Å². The lowest BCUT2D eigenvalue weighted by atomic mass is 9.96. The van der Waals surface area contributed by atoms with E-state index in [2.05, 4.69) is 10.6 Å². The van der Waals surface area contributed by atoms with Crippen molar-refractivity contribution in [1.82, 2.24) is 10.6 Å². The second-order valence-electron chi connectivity index (χ2n) is 5.28. The molecular weight excluding hydrogens is 248 g/mol. The smallest absolute Gasteiger partial charge is 0.329 e. The SMILES string of the molecule is CCCC(C)(NC(=O)NCC1CCOCC1)C(=O)O. The number of carboxylic acid groups (broad SMARTS) is 1. The molecule has 19 heavy (non-hydrogen) atoms. The number of ether oxygens (including phenoxy) is 1. The number of urea groups is 1. The third kappa shape index (κ3) is 5.06. The van der Waals surface area contributed by atoms with Gasteiger partial charge >= 0.3 is 12.0 Å². The summed E-state index contributed by atoms with van der Waals surface area (Å²) in [6, 6.07) is -0.412. The Morgan fingerprint density at radius 2 is 2.00 bits per heavy atom. The third-order valence-corrected chi connectivity index (χ3v) is 3.50. The molecule has 0 spiro atoms. The van der Waals surface area contributed by atoms with Crippen LogP contribution >= 0.6 is 0 Å². The summed E-state index contributed by atoms with van der Waals surface area (Å²) < 4.78 is 5.24. The normalized spacial score (nSPS) is 19.5. The highest BCUT2D eigenvalue weighted by Crippen LogP contribution is 2.14. The van der Waals surface area contributed by atoms with Crippen LogP contribution in [0.1, 0.15) is 39.5 Å². The van der Waals surface area contributed by atoms with E-state index in [1.165, 1.54) is 6.92 Å². The Balaban J connectivity index is 2.37. The number of amides is 2. The predicted molar refractivity (Wildman–Crippen MR) is 71.0 cm³/mol. The van der Waals surface area contributed by atoms with Crippen LogP contribution in [0.4, 0.5) is 4.79 Å². The van der Waals surface area contributed by atoms with Crippen LogP contribution in [0.5, 0.6) is 0 Å². The van der Waals surface area contributed by atoms with Crippen molar-refractivity contribution >= 4 is 12.0 Å². The maximum atomic E-state index is 11.8. The molecule has 6 nitrogen and oxygen atoms in total. The van der Waals surface area contributed by atoms with Gasteiger partial charge in [0, 0.05) is 19.8 Å². The maximum absolute atomic E-state index is 11.8. The minimum atomic E-state index is -1.20. The summed E-state index contributed by atoms with van der Waals surface area (Å²) >= 11 is 0. The molecule has 0 aromatic carbocycles. The zero-order valence-corrected chi connectivity index (χ0v) is 11.7. The fraction of sp³-hybridized carbons (Fsp3) is 0.846. The molecule has 1 heterocycles. The van der Waals surface area contributed by atoms with Gasteiger partial charge in [0.1, 0.15) is 5.54 Å². The van der Waals surface area contributed by atoms with E-state index in [1.807, 2.05) is 6.92 Å². The summed E-state index contributed by atoms with van der Waals surface area (Å²) in [6.07, 6.45) is 2.98. The largest absolute Gasteiger partial charge is 0.480 e. The second-order valence-corrected chi connectivity index (χ2v) is 5.28. The topological polar surface area (TPSA) is 87.7 Å². The number of nitrogens with one attached hydrogen (secondary N) is 2. The number of carboxylic acids is 1. The fourth-order valence-corrected chi connectivity index (χ4v) is 2.21. The van der Waals surface area contributed by atoms with Crippen LogP contribution in [0.15, 0.2) is 0 Å². The van der Waals surface area contributed by atoms with Gasteiger partial charge in [-0.3, -0.25) is 0 Å². The number of carbonyl (C=O) groups excluding carboxylic acids is 1. The molecule has 6 heteroatoms. The molecule has 0 aliphatic carbocycles. The quantitative estimate of drug-likeness (QED) is 0.681. The number of carbonyl (C=O) groups is 2. The van der Waals surface area contributed by atoms with E-state index in [-0.39, 0.29) is 0 Å². The molecule has 3 N–H and O–H groups in total. The van der Waals surface area contributed by atoms with E-state index in [0.29, 0.717) is 25.3 Å². The van der Waals surface area contributed by atoms with Crippen LogP contribution in [-0.2, 0) is 9.53 Å². The Kier molecular flexibility index (Phi) is 6.08. The summed E-state index contributed by atoms with van der Waals surface area (Å²) in [7, 11) is 0. The summed E-state index contributed by atoms with van der Waals surface area (Å²) in [4.78, 5) is 23.0. The first-order chi connectivity index (χ1) is 8.98. The molecule has 1 fully saturated rings. The van der Waals surface area contributed by atoms with Crippen molar-refractivity contribution in [1.29, 1.82) is 0 Å². The molecule has 110 valence electrons. The number of rotatable bonds is 6. The third-order valence-electron chi connectivity index (χ3n) is 3.50. The molecule has 0 saturated carbocycles.